The predicted octanol–water partition coefficient (Wildman–Crippen LogP) is 2.58. The summed E-state index contributed by atoms with van der Waals surface area (Å²) in [6.45, 7) is 2.21. The molecule has 1 aromatic heterocycles. The molecule has 168 valence electrons. The van der Waals surface area contributed by atoms with E-state index >= 15 is 0 Å². The molecule has 2 heterocycles. The van der Waals surface area contributed by atoms with E-state index in [1.807, 2.05) is 0 Å². The van der Waals surface area contributed by atoms with Gasteiger partial charge >= 0.3 is 5.97 Å². The molecule has 0 aromatic carbocycles. The molecule has 1 saturated carbocycles. The molecule has 2 aliphatic rings. The smallest absolute Gasteiger partial charge is 0.354 e. The van der Waals surface area contributed by atoms with E-state index in [4.69, 9.17) is 4.74 Å². The van der Waals surface area contributed by atoms with Crippen molar-refractivity contribution in [3.8, 4) is 0 Å². The lowest BCUT2D eigenvalue weighted by Crippen LogP contribution is -2.48. The van der Waals surface area contributed by atoms with Crippen molar-refractivity contribution in [2.75, 3.05) is 13.2 Å². The third-order valence-electron chi connectivity index (χ3n) is 6.03. The molecule has 1 atom stereocenters. The van der Waals surface area contributed by atoms with Crippen molar-refractivity contribution in [1.29, 1.82) is 0 Å². The van der Waals surface area contributed by atoms with Crippen LogP contribution in [-0.4, -0.2) is 54.4 Å². The maximum Gasteiger partial charge on any atom is 0.354 e. The van der Waals surface area contributed by atoms with E-state index in [0.29, 0.717) is 19.4 Å². The highest BCUT2D eigenvalue weighted by Crippen LogP contribution is 2.28. The lowest BCUT2D eigenvalue weighted by Gasteiger charge is -2.26. The fourth-order valence-corrected chi connectivity index (χ4v) is 6.13. The number of nitrogens with one attached hydrogen (secondary N) is 1. The van der Waals surface area contributed by atoms with Gasteiger partial charge in [-0.25, -0.2) is 13.2 Å². The van der Waals surface area contributed by atoms with E-state index in [1.165, 1.54) is 40.4 Å². The van der Waals surface area contributed by atoms with Crippen LogP contribution in [0, 0.1) is 0 Å². The fourth-order valence-electron chi connectivity index (χ4n) is 4.41. The zero-order valence-corrected chi connectivity index (χ0v) is 18.7. The van der Waals surface area contributed by atoms with Gasteiger partial charge in [-0.15, -0.1) is 0 Å². The highest BCUT2D eigenvalue weighted by atomic mass is 32.2. The highest BCUT2D eigenvalue weighted by molar-refractivity contribution is 7.89. The molecule has 8 nitrogen and oxygen atoms in total. The zero-order valence-electron chi connectivity index (χ0n) is 17.9. The van der Waals surface area contributed by atoms with Crippen LogP contribution in [0.3, 0.4) is 0 Å². The van der Waals surface area contributed by atoms with Crippen molar-refractivity contribution in [2.24, 2.45) is 7.05 Å². The molecule has 1 aromatic rings. The number of aryl methyl sites for hydroxylation is 1. The number of carbonyl (C=O) groups is 2. The van der Waals surface area contributed by atoms with Gasteiger partial charge in [-0.05, 0) is 38.7 Å². The first-order chi connectivity index (χ1) is 14.3. The quantitative estimate of drug-likeness (QED) is 0.687. The average molecular weight is 440 g/mol. The van der Waals surface area contributed by atoms with E-state index in [0.717, 1.165) is 25.7 Å². The van der Waals surface area contributed by atoms with Crippen LogP contribution in [0.5, 0.6) is 0 Å². The second-order valence-corrected chi connectivity index (χ2v) is 10.1. The Morgan fingerprint density at radius 2 is 1.77 bits per heavy atom. The molecule has 1 aliphatic carbocycles. The Morgan fingerprint density at radius 3 is 2.43 bits per heavy atom. The number of carbonyl (C=O) groups excluding carboxylic acids is 2. The summed E-state index contributed by atoms with van der Waals surface area (Å²) in [6, 6.07) is 0.747. The van der Waals surface area contributed by atoms with Gasteiger partial charge in [-0.2, -0.15) is 4.31 Å². The van der Waals surface area contributed by atoms with Crippen molar-refractivity contribution in [3.63, 3.8) is 0 Å². The van der Waals surface area contributed by atoms with E-state index in [1.54, 1.807) is 14.0 Å². The standard InChI is InChI=1S/C21H33N3O5S/c1-3-29-21(26)19-14-17(15-23(19)2)30(27,28)24-13-9-12-18(24)20(25)22-16-10-7-5-4-6-8-11-16/h14-16,18H,3-13H2,1-2H3,(H,22,25)/t18-/m1/s1. The third-order valence-corrected chi connectivity index (χ3v) is 7.90. The second-order valence-electron chi connectivity index (χ2n) is 8.22. The largest absolute Gasteiger partial charge is 0.461 e. The number of aromatic nitrogens is 1. The summed E-state index contributed by atoms with van der Waals surface area (Å²) >= 11 is 0. The summed E-state index contributed by atoms with van der Waals surface area (Å²) < 4.78 is 34.3. The number of ether oxygens (including phenoxy) is 1. The van der Waals surface area contributed by atoms with Gasteiger partial charge in [-0.3, -0.25) is 4.79 Å². The predicted molar refractivity (Wildman–Crippen MR) is 113 cm³/mol. The van der Waals surface area contributed by atoms with Gasteiger partial charge in [0.25, 0.3) is 0 Å². The molecule has 3 rings (SSSR count). The van der Waals surface area contributed by atoms with E-state index in [2.05, 4.69) is 5.32 Å². The monoisotopic (exact) mass is 439 g/mol. The Morgan fingerprint density at radius 1 is 1.10 bits per heavy atom. The normalized spacial score (nSPS) is 21.7. The van der Waals surface area contributed by atoms with Gasteiger partial charge < -0.3 is 14.6 Å². The SMILES string of the molecule is CCOC(=O)c1cc(S(=O)(=O)N2CCC[C@@H]2C(=O)NC2CCCCCCC2)cn1C. The van der Waals surface area contributed by atoms with Crippen molar-refractivity contribution < 1.29 is 22.7 Å². The molecular weight excluding hydrogens is 406 g/mol. The van der Waals surface area contributed by atoms with Crippen LogP contribution in [0.2, 0.25) is 0 Å². The Kier molecular flexibility index (Phi) is 7.57. The summed E-state index contributed by atoms with van der Waals surface area (Å²) in [6.07, 6.45) is 10.3. The topological polar surface area (TPSA) is 97.7 Å². The molecule has 0 bridgehead atoms. The number of esters is 1. The molecular formula is C21H33N3O5S. The third kappa shape index (κ3) is 5.06. The number of hydrogen-bond donors (Lipinski definition) is 1. The Labute approximate surface area is 179 Å². The number of amides is 1. The van der Waals surface area contributed by atoms with Gasteiger partial charge in [0.1, 0.15) is 16.6 Å². The molecule has 30 heavy (non-hydrogen) atoms. The fraction of sp³-hybridized carbons (Fsp3) is 0.714. The molecule has 0 unspecified atom stereocenters. The lowest BCUT2D eigenvalue weighted by molar-refractivity contribution is -0.125. The van der Waals surface area contributed by atoms with Crippen molar-refractivity contribution in [2.45, 2.75) is 81.7 Å². The number of nitrogens with zero attached hydrogens (tertiary/aromatic N) is 2. The summed E-state index contributed by atoms with van der Waals surface area (Å²) in [4.78, 5) is 25.0. The van der Waals surface area contributed by atoms with Crippen LogP contribution in [0.1, 0.15) is 75.2 Å². The van der Waals surface area contributed by atoms with Crippen LogP contribution in [0.15, 0.2) is 17.2 Å². The Balaban J connectivity index is 1.74. The van der Waals surface area contributed by atoms with Crippen LogP contribution in [-0.2, 0) is 26.6 Å². The van der Waals surface area contributed by atoms with Crippen molar-refractivity contribution in [3.05, 3.63) is 18.0 Å². The molecule has 2 fully saturated rings. The number of rotatable bonds is 6. The lowest BCUT2D eigenvalue weighted by atomic mass is 9.96. The Hall–Kier alpha value is -1.87. The highest BCUT2D eigenvalue weighted by Gasteiger charge is 2.40. The van der Waals surface area contributed by atoms with E-state index in [-0.39, 0.29) is 29.1 Å². The maximum absolute atomic E-state index is 13.3. The maximum atomic E-state index is 13.3. The minimum absolute atomic E-state index is 0.0127. The first kappa shape index (κ1) is 22.8. The molecule has 0 radical (unpaired) electrons. The van der Waals surface area contributed by atoms with Gasteiger partial charge in [0.2, 0.25) is 15.9 Å². The van der Waals surface area contributed by atoms with Crippen LogP contribution in [0.25, 0.3) is 0 Å². The van der Waals surface area contributed by atoms with Crippen molar-refractivity contribution in [1.82, 2.24) is 14.2 Å². The first-order valence-corrected chi connectivity index (χ1v) is 12.4. The number of hydrogen-bond acceptors (Lipinski definition) is 5. The molecule has 1 saturated heterocycles. The molecule has 0 spiro atoms. The van der Waals surface area contributed by atoms with Gasteiger partial charge in [0, 0.05) is 25.8 Å². The summed E-state index contributed by atoms with van der Waals surface area (Å²) in [5.41, 5.74) is 0.171. The minimum Gasteiger partial charge on any atom is -0.461 e. The van der Waals surface area contributed by atoms with E-state index in [9.17, 15) is 18.0 Å². The number of sulfonamides is 1. The summed E-state index contributed by atoms with van der Waals surface area (Å²) in [7, 11) is -2.29. The first-order valence-electron chi connectivity index (χ1n) is 11.0. The molecule has 1 amide bonds. The van der Waals surface area contributed by atoms with Gasteiger partial charge in [0.15, 0.2) is 0 Å². The molecule has 1 N–H and O–H groups in total. The average Bonchev–Trinajstić information content (AvgIpc) is 3.31. The minimum atomic E-state index is -3.89. The van der Waals surface area contributed by atoms with Crippen LogP contribution >= 0.6 is 0 Å². The van der Waals surface area contributed by atoms with Crippen LogP contribution in [0.4, 0.5) is 0 Å². The second kappa shape index (κ2) is 9.96. The molecule has 1 aliphatic heterocycles. The zero-order chi connectivity index (χ0) is 21.7. The van der Waals surface area contributed by atoms with Gasteiger partial charge in [0.05, 0.1) is 6.61 Å². The molecule has 9 heteroatoms. The van der Waals surface area contributed by atoms with Gasteiger partial charge in [-0.1, -0.05) is 32.1 Å². The summed E-state index contributed by atoms with van der Waals surface area (Å²) in [5.74, 6) is -0.773. The van der Waals surface area contributed by atoms with Crippen LogP contribution < -0.4 is 5.32 Å². The van der Waals surface area contributed by atoms with Crippen molar-refractivity contribution >= 4 is 21.9 Å². The Bertz CT molecular complexity index is 856. The van der Waals surface area contributed by atoms with E-state index < -0.39 is 22.0 Å². The summed E-state index contributed by atoms with van der Waals surface area (Å²) in [5, 5.41) is 3.11.